The van der Waals surface area contributed by atoms with Gasteiger partial charge in [0.2, 0.25) is 0 Å². The molecule has 0 amide bonds. The zero-order valence-corrected chi connectivity index (χ0v) is 9.29. The van der Waals surface area contributed by atoms with E-state index in [-0.39, 0.29) is 0 Å². The van der Waals surface area contributed by atoms with Gasteiger partial charge < -0.3 is 5.73 Å². The molecule has 0 bridgehead atoms. The summed E-state index contributed by atoms with van der Waals surface area (Å²) < 4.78 is 13.6. The van der Waals surface area contributed by atoms with E-state index in [4.69, 9.17) is 5.73 Å². The summed E-state index contributed by atoms with van der Waals surface area (Å²) in [6.07, 6.45) is 1.66. The third kappa shape index (κ3) is 1.91. The molecule has 1 aromatic carbocycles. The highest BCUT2D eigenvalue weighted by Gasteiger charge is 2.18. The van der Waals surface area contributed by atoms with Gasteiger partial charge in [-0.05, 0) is 25.0 Å². The molecule has 0 radical (unpaired) electrons. The van der Waals surface area contributed by atoms with E-state index in [2.05, 4.69) is 10.2 Å². The van der Waals surface area contributed by atoms with Gasteiger partial charge in [0.15, 0.2) is 0 Å². The standard InChI is InChI=1S/C12H14FN3/c1-12(2,13)9-5-3-8(4-6-9)10-7-15-16-11(10)14/h3-7H,1-2H3,(H3,14,15,16). The lowest BCUT2D eigenvalue weighted by molar-refractivity contribution is 0.221. The van der Waals surface area contributed by atoms with Gasteiger partial charge >= 0.3 is 0 Å². The van der Waals surface area contributed by atoms with E-state index < -0.39 is 5.67 Å². The largest absolute Gasteiger partial charge is 0.384 e. The Kier molecular flexibility index (Phi) is 2.42. The van der Waals surface area contributed by atoms with Crippen LogP contribution in [0, 0.1) is 0 Å². The van der Waals surface area contributed by atoms with Gasteiger partial charge in [0.25, 0.3) is 0 Å². The molecule has 0 spiro atoms. The van der Waals surface area contributed by atoms with Crippen molar-refractivity contribution in [1.29, 1.82) is 0 Å². The summed E-state index contributed by atoms with van der Waals surface area (Å²) >= 11 is 0. The van der Waals surface area contributed by atoms with E-state index in [9.17, 15) is 4.39 Å². The van der Waals surface area contributed by atoms with E-state index >= 15 is 0 Å². The van der Waals surface area contributed by atoms with Crippen LogP contribution in [0.4, 0.5) is 10.2 Å². The van der Waals surface area contributed by atoms with Gasteiger partial charge in [0, 0.05) is 5.56 Å². The quantitative estimate of drug-likeness (QED) is 0.816. The van der Waals surface area contributed by atoms with Crippen molar-refractivity contribution in [2.45, 2.75) is 19.5 Å². The van der Waals surface area contributed by atoms with Crippen molar-refractivity contribution < 1.29 is 4.39 Å². The molecule has 0 aliphatic rings. The van der Waals surface area contributed by atoms with Gasteiger partial charge in [-0.25, -0.2) is 4.39 Å². The van der Waals surface area contributed by atoms with Crippen LogP contribution in [0.5, 0.6) is 0 Å². The molecule has 0 aliphatic heterocycles. The molecular formula is C12H14FN3. The zero-order valence-electron chi connectivity index (χ0n) is 9.29. The highest BCUT2D eigenvalue weighted by molar-refractivity contribution is 5.73. The number of aromatic amines is 1. The second-order valence-corrected chi connectivity index (χ2v) is 4.25. The third-order valence-electron chi connectivity index (χ3n) is 2.55. The molecule has 0 saturated heterocycles. The van der Waals surface area contributed by atoms with Crippen LogP contribution in [0.15, 0.2) is 30.5 Å². The summed E-state index contributed by atoms with van der Waals surface area (Å²) in [5.41, 5.74) is 6.80. The van der Waals surface area contributed by atoms with Gasteiger partial charge in [-0.15, -0.1) is 0 Å². The maximum Gasteiger partial charge on any atom is 0.130 e. The number of hydrogen-bond acceptors (Lipinski definition) is 2. The second-order valence-electron chi connectivity index (χ2n) is 4.25. The Morgan fingerprint density at radius 1 is 1.25 bits per heavy atom. The predicted octanol–water partition coefficient (Wildman–Crippen LogP) is 2.86. The van der Waals surface area contributed by atoms with E-state index in [0.29, 0.717) is 11.4 Å². The molecule has 0 aliphatic carbocycles. The van der Waals surface area contributed by atoms with E-state index in [0.717, 1.165) is 11.1 Å². The van der Waals surface area contributed by atoms with E-state index in [1.807, 2.05) is 12.1 Å². The molecule has 2 aromatic rings. The fourth-order valence-corrected chi connectivity index (χ4v) is 1.57. The Balaban J connectivity index is 2.37. The average Bonchev–Trinajstić information content (AvgIpc) is 2.63. The Bertz CT molecular complexity index is 480. The minimum atomic E-state index is -1.32. The van der Waals surface area contributed by atoms with Crippen molar-refractivity contribution in [3.63, 3.8) is 0 Å². The van der Waals surface area contributed by atoms with Crippen LogP contribution in [0.3, 0.4) is 0 Å². The van der Waals surface area contributed by atoms with Crippen LogP contribution in [-0.2, 0) is 5.67 Å². The Morgan fingerprint density at radius 3 is 2.31 bits per heavy atom. The molecule has 0 saturated carbocycles. The van der Waals surface area contributed by atoms with E-state index in [1.165, 1.54) is 13.8 Å². The number of nitrogen functional groups attached to an aromatic ring is 1. The first-order chi connectivity index (χ1) is 7.48. The fraction of sp³-hybridized carbons (Fsp3) is 0.250. The first kappa shape index (κ1) is 10.7. The smallest absolute Gasteiger partial charge is 0.130 e. The van der Waals surface area contributed by atoms with Crippen molar-refractivity contribution in [2.75, 3.05) is 5.73 Å². The summed E-state index contributed by atoms with van der Waals surface area (Å²) in [6, 6.07) is 7.22. The number of hydrogen-bond donors (Lipinski definition) is 2. The summed E-state index contributed by atoms with van der Waals surface area (Å²) in [6.45, 7) is 3.07. The first-order valence-corrected chi connectivity index (χ1v) is 5.07. The molecular weight excluding hydrogens is 205 g/mol. The van der Waals surface area contributed by atoms with Gasteiger partial charge in [-0.3, -0.25) is 5.10 Å². The number of nitrogens with two attached hydrogens (primary N) is 1. The highest BCUT2D eigenvalue weighted by Crippen LogP contribution is 2.28. The second kappa shape index (κ2) is 3.63. The van der Waals surface area contributed by atoms with Crippen molar-refractivity contribution in [3.05, 3.63) is 36.0 Å². The Hall–Kier alpha value is -1.84. The monoisotopic (exact) mass is 219 g/mol. The number of benzene rings is 1. The summed E-state index contributed by atoms with van der Waals surface area (Å²) in [4.78, 5) is 0. The molecule has 0 unspecified atom stereocenters. The van der Waals surface area contributed by atoms with Crippen molar-refractivity contribution in [1.82, 2.24) is 10.2 Å². The number of halogens is 1. The number of nitrogens with zero attached hydrogens (tertiary/aromatic N) is 1. The normalized spacial score (nSPS) is 11.7. The first-order valence-electron chi connectivity index (χ1n) is 5.07. The maximum atomic E-state index is 13.6. The predicted molar refractivity (Wildman–Crippen MR) is 62.6 cm³/mol. The number of anilines is 1. The fourth-order valence-electron chi connectivity index (χ4n) is 1.57. The van der Waals surface area contributed by atoms with Gasteiger partial charge in [0.05, 0.1) is 6.20 Å². The molecule has 84 valence electrons. The lowest BCUT2D eigenvalue weighted by Crippen LogP contribution is -2.08. The molecule has 0 atom stereocenters. The molecule has 4 heteroatoms. The number of nitrogens with one attached hydrogen (secondary N) is 1. The number of alkyl halides is 1. The number of H-pyrrole nitrogens is 1. The average molecular weight is 219 g/mol. The topological polar surface area (TPSA) is 54.7 Å². The van der Waals surface area contributed by atoms with Gasteiger partial charge in [0.1, 0.15) is 11.5 Å². The summed E-state index contributed by atoms with van der Waals surface area (Å²) in [7, 11) is 0. The van der Waals surface area contributed by atoms with Crippen LogP contribution >= 0.6 is 0 Å². The van der Waals surface area contributed by atoms with Gasteiger partial charge in [-0.2, -0.15) is 5.10 Å². The minimum Gasteiger partial charge on any atom is -0.384 e. The molecule has 1 heterocycles. The van der Waals surface area contributed by atoms with Crippen LogP contribution in [-0.4, -0.2) is 10.2 Å². The molecule has 3 nitrogen and oxygen atoms in total. The molecule has 3 N–H and O–H groups in total. The van der Waals surface area contributed by atoms with Crippen LogP contribution < -0.4 is 5.73 Å². The third-order valence-corrected chi connectivity index (χ3v) is 2.55. The number of aromatic nitrogens is 2. The van der Waals surface area contributed by atoms with E-state index in [1.54, 1.807) is 18.3 Å². The molecule has 2 rings (SSSR count). The summed E-state index contributed by atoms with van der Waals surface area (Å²) in [5, 5.41) is 6.51. The van der Waals surface area contributed by atoms with Crippen molar-refractivity contribution >= 4 is 5.82 Å². The van der Waals surface area contributed by atoms with Crippen LogP contribution in [0.1, 0.15) is 19.4 Å². The Labute approximate surface area is 93.5 Å². The lowest BCUT2D eigenvalue weighted by Gasteiger charge is -2.14. The summed E-state index contributed by atoms with van der Waals surface area (Å²) in [5.74, 6) is 0.521. The number of rotatable bonds is 2. The van der Waals surface area contributed by atoms with Crippen LogP contribution in [0.2, 0.25) is 0 Å². The highest BCUT2D eigenvalue weighted by atomic mass is 19.1. The molecule has 16 heavy (non-hydrogen) atoms. The van der Waals surface area contributed by atoms with Crippen molar-refractivity contribution in [2.24, 2.45) is 0 Å². The molecule has 1 aromatic heterocycles. The Morgan fingerprint density at radius 2 is 1.88 bits per heavy atom. The van der Waals surface area contributed by atoms with Crippen molar-refractivity contribution in [3.8, 4) is 11.1 Å². The zero-order chi connectivity index (χ0) is 11.8. The maximum absolute atomic E-state index is 13.6. The molecule has 0 fully saturated rings. The van der Waals surface area contributed by atoms with Crippen LogP contribution in [0.25, 0.3) is 11.1 Å². The minimum absolute atomic E-state index is 0.521. The van der Waals surface area contributed by atoms with Gasteiger partial charge in [-0.1, -0.05) is 24.3 Å². The SMILES string of the molecule is CC(C)(F)c1ccc(-c2cn[nH]c2N)cc1. The lowest BCUT2D eigenvalue weighted by atomic mass is 9.97.